The summed E-state index contributed by atoms with van der Waals surface area (Å²) in [7, 11) is 3.45. The van der Waals surface area contributed by atoms with Gasteiger partial charge in [0.15, 0.2) is 0 Å². The van der Waals surface area contributed by atoms with Crippen LogP contribution in [0.3, 0.4) is 0 Å². The van der Waals surface area contributed by atoms with Gasteiger partial charge < -0.3 is 20.1 Å². The molecule has 1 amide bonds. The molecule has 1 saturated carbocycles. The number of likely N-dealkylation sites (N-methyl/N-ethyl adjacent to an activating group) is 1. The van der Waals surface area contributed by atoms with Gasteiger partial charge >= 0.3 is 0 Å². The first kappa shape index (κ1) is 17.4. The molecule has 4 atom stereocenters. The highest BCUT2D eigenvalue weighted by Gasteiger charge is 2.23. The third-order valence-electron chi connectivity index (χ3n) is 4.01. The minimum Gasteiger partial charge on any atom is -0.389 e. The van der Waals surface area contributed by atoms with Crippen molar-refractivity contribution in [3.8, 4) is 0 Å². The predicted octanol–water partition coefficient (Wildman–Crippen LogP) is 1.01. The van der Waals surface area contributed by atoms with E-state index >= 15 is 0 Å². The molecule has 1 fully saturated rings. The fraction of sp³-hybridized carbons (Fsp3) is 0.933. The van der Waals surface area contributed by atoms with Gasteiger partial charge in [0, 0.05) is 20.6 Å². The van der Waals surface area contributed by atoms with Gasteiger partial charge in [-0.1, -0.05) is 19.8 Å². The highest BCUT2D eigenvalue weighted by Crippen LogP contribution is 2.26. The quantitative estimate of drug-likeness (QED) is 0.733. The van der Waals surface area contributed by atoms with E-state index < -0.39 is 6.10 Å². The molecule has 0 bridgehead atoms. The number of aliphatic hydroxyl groups is 1. The number of carbonyl (C=O) groups is 1. The first-order valence-corrected chi connectivity index (χ1v) is 7.66. The van der Waals surface area contributed by atoms with Crippen LogP contribution >= 0.6 is 0 Å². The number of rotatable bonds is 7. The van der Waals surface area contributed by atoms with Gasteiger partial charge in [0.05, 0.1) is 24.9 Å². The Morgan fingerprint density at radius 2 is 2.05 bits per heavy atom. The van der Waals surface area contributed by atoms with Crippen LogP contribution in [-0.2, 0) is 9.53 Å². The monoisotopic (exact) mass is 286 g/mol. The lowest BCUT2D eigenvalue weighted by Gasteiger charge is -2.29. The molecule has 1 rings (SSSR count). The fourth-order valence-electron chi connectivity index (χ4n) is 2.61. The van der Waals surface area contributed by atoms with Gasteiger partial charge in [-0.3, -0.25) is 4.79 Å². The summed E-state index contributed by atoms with van der Waals surface area (Å²) in [5.74, 6) is 0.595. The fourth-order valence-corrected chi connectivity index (χ4v) is 2.61. The molecule has 0 radical (unpaired) electrons. The highest BCUT2D eigenvalue weighted by molar-refractivity contribution is 5.80. The Bertz CT molecular complexity index is 297. The average Bonchev–Trinajstić information content (AvgIpc) is 2.42. The zero-order valence-corrected chi connectivity index (χ0v) is 13.3. The molecule has 118 valence electrons. The number of hydrogen-bond donors (Lipinski definition) is 2. The van der Waals surface area contributed by atoms with Gasteiger partial charge in [-0.15, -0.1) is 0 Å². The second-order valence-corrected chi connectivity index (χ2v) is 6.15. The molecule has 0 spiro atoms. The van der Waals surface area contributed by atoms with Crippen molar-refractivity contribution in [2.45, 2.75) is 57.8 Å². The Hall–Kier alpha value is -0.650. The molecule has 20 heavy (non-hydrogen) atoms. The lowest BCUT2D eigenvalue weighted by molar-refractivity contribution is -0.130. The third kappa shape index (κ3) is 5.77. The number of aliphatic hydroxyl groups excluding tert-OH is 1. The van der Waals surface area contributed by atoms with Crippen LogP contribution in [0.2, 0.25) is 0 Å². The summed E-state index contributed by atoms with van der Waals surface area (Å²) in [4.78, 5) is 13.2. The molecule has 2 N–H and O–H groups in total. The van der Waals surface area contributed by atoms with Crippen molar-refractivity contribution in [1.29, 1.82) is 0 Å². The van der Waals surface area contributed by atoms with E-state index in [1.807, 2.05) is 0 Å². The minimum absolute atomic E-state index is 0.0130. The van der Waals surface area contributed by atoms with Crippen LogP contribution in [0.5, 0.6) is 0 Å². The number of nitrogens with zero attached hydrogens (tertiary/aromatic N) is 1. The summed E-state index contributed by atoms with van der Waals surface area (Å²) in [6.45, 7) is 4.73. The number of hydrogen-bond acceptors (Lipinski definition) is 4. The summed E-state index contributed by atoms with van der Waals surface area (Å²) in [5, 5.41) is 13.0. The number of amides is 1. The number of nitrogens with one attached hydrogen (secondary N) is 1. The summed E-state index contributed by atoms with van der Waals surface area (Å²) < 4.78 is 5.81. The van der Waals surface area contributed by atoms with Gasteiger partial charge in [0.2, 0.25) is 5.91 Å². The van der Waals surface area contributed by atoms with Crippen molar-refractivity contribution >= 4 is 5.91 Å². The lowest BCUT2D eigenvalue weighted by atomic mass is 9.88. The van der Waals surface area contributed by atoms with Crippen LogP contribution < -0.4 is 5.32 Å². The van der Waals surface area contributed by atoms with E-state index in [1.54, 1.807) is 25.9 Å². The molecule has 5 heteroatoms. The smallest absolute Gasteiger partial charge is 0.238 e. The summed E-state index contributed by atoms with van der Waals surface area (Å²) in [6, 6.07) is -0.284. The van der Waals surface area contributed by atoms with E-state index in [0.717, 1.165) is 6.42 Å². The molecular formula is C15H30N2O3. The lowest BCUT2D eigenvalue weighted by Crippen LogP contribution is -2.45. The zero-order chi connectivity index (χ0) is 15.1. The number of carbonyl (C=O) groups excluding carboxylic acids is 1. The van der Waals surface area contributed by atoms with Crippen LogP contribution in [0.15, 0.2) is 0 Å². The first-order chi connectivity index (χ1) is 9.41. The van der Waals surface area contributed by atoms with Crippen LogP contribution in [0.25, 0.3) is 0 Å². The largest absolute Gasteiger partial charge is 0.389 e. The molecule has 0 heterocycles. The molecule has 0 aliphatic heterocycles. The molecule has 1 aliphatic carbocycles. The molecule has 4 unspecified atom stereocenters. The first-order valence-electron chi connectivity index (χ1n) is 7.66. The van der Waals surface area contributed by atoms with Crippen LogP contribution in [-0.4, -0.2) is 61.4 Å². The van der Waals surface area contributed by atoms with E-state index in [9.17, 15) is 9.90 Å². The Morgan fingerprint density at radius 3 is 2.65 bits per heavy atom. The minimum atomic E-state index is -0.568. The van der Waals surface area contributed by atoms with Gasteiger partial charge in [-0.25, -0.2) is 0 Å². The molecule has 0 aromatic carbocycles. The van der Waals surface area contributed by atoms with Crippen LogP contribution in [0.4, 0.5) is 0 Å². The molecule has 0 saturated heterocycles. The van der Waals surface area contributed by atoms with Gasteiger partial charge in [-0.2, -0.15) is 0 Å². The Kier molecular flexibility index (Phi) is 7.48. The van der Waals surface area contributed by atoms with E-state index in [2.05, 4.69) is 12.2 Å². The predicted molar refractivity (Wildman–Crippen MR) is 79.5 cm³/mol. The van der Waals surface area contributed by atoms with Crippen molar-refractivity contribution in [3.05, 3.63) is 0 Å². The normalized spacial score (nSPS) is 26.1. The van der Waals surface area contributed by atoms with Crippen molar-refractivity contribution in [1.82, 2.24) is 10.2 Å². The Balaban J connectivity index is 2.19. The van der Waals surface area contributed by atoms with Gasteiger partial charge in [0.1, 0.15) is 0 Å². The number of ether oxygens (including phenoxy) is 1. The van der Waals surface area contributed by atoms with Crippen molar-refractivity contribution in [2.24, 2.45) is 5.92 Å². The van der Waals surface area contributed by atoms with Gasteiger partial charge in [-0.05, 0) is 25.7 Å². The maximum atomic E-state index is 11.7. The second kappa shape index (κ2) is 8.60. The maximum absolute atomic E-state index is 11.7. The van der Waals surface area contributed by atoms with E-state index in [4.69, 9.17) is 4.74 Å². The van der Waals surface area contributed by atoms with E-state index in [0.29, 0.717) is 19.1 Å². The molecule has 5 nitrogen and oxygen atoms in total. The Labute approximate surface area is 122 Å². The van der Waals surface area contributed by atoms with Crippen LogP contribution in [0.1, 0.15) is 39.5 Å². The SMILES string of the molecule is CC(NCC(O)COC1CCCCC1C)C(=O)N(C)C. The maximum Gasteiger partial charge on any atom is 0.238 e. The van der Waals surface area contributed by atoms with Crippen molar-refractivity contribution in [3.63, 3.8) is 0 Å². The third-order valence-corrected chi connectivity index (χ3v) is 4.01. The van der Waals surface area contributed by atoms with E-state index in [-0.39, 0.29) is 18.1 Å². The highest BCUT2D eigenvalue weighted by atomic mass is 16.5. The molecule has 0 aromatic heterocycles. The average molecular weight is 286 g/mol. The summed E-state index contributed by atoms with van der Waals surface area (Å²) >= 11 is 0. The molecular weight excluding hydrogens is 256 g/mol. The Morgan fingerprint density at radius 1 is 1.40 bits per heavy atom. The second-order valence-electron chi connectivity index (χ2n) is 6.15. The topological polar surface area (TPSA) is 61.8 Å². The summed E-state index contributed by atoms with van der Waals surface area (Å²) in [5.41, 5.74) is 0. The standard InChI is InChI=1S/C15H30N2O3/c1-11-7-5-6-8-14(11)20-10-13(18)9-16-12(2)15(19)17(3)4/h11-14,16,18H,5-10H2,1-4H3. The van der Waals surface area contributed by atoms with Crippen molar-refractivity contribution < 1.29 is 14.6 Å². The molecule has 1 aliphatic rings. The zero-order valence-electron chi connectivity index (χ0n) is 13.3. The van der Waals surface area contributed by atoms with E-state index in [1.165, 1.54) is 19.3 Å². The van der Waals surface area contributed by atoms with Gasteiger partial charge in [0.25, 0.3) is 0 Å². The summed E-state index contributed by atoms with van der Waals surface area (Å²) in [6.07, 6.45) is 4.53. The van der Waals surface area contributed by atoms with Crippen molar-refractivity contribution in [2.75, 3.05) is 27.2 Å². The molecule has 0 aromatic rings. The van der Waals surface area contributed by atoms with Crippen LogP contribution in [0, 0.1) is 5.92 Å².